The molecule has 116 valence electrons. The molecular formula is C13H24N2O4S. The van der Waals surface area contributed by atoms with Crippen LogP contribution in [-0.2, 0) is 19.4 Å². The SMILES string of the molecule is COCCN1CCC[C@]2(C1)CN(CCS(C)(=O)=O)C2=O. The molecule has 7 heteroatoms. The van der Waals surface area contributed by atoms with Crippen LogP contribution in [0, 0.1) is 5.41 Å². The van der Waals surface area contributed by atoms with E-state index in [2.05, 4.69) is 4.90 Å². The monoisotopic (exact) mass is 304 g/mol. The van der Waals surface area contributed by atoms with Crippen molar-refractivity contribution in [3.63, 3.8) is 0 Å². The van der Waals surface area contributed by atoms with Gasteiger partial charge in [0, 0.05) is 39.5 Å². The highest BCUT2D eigenvalue weighted by Crippen LogP contribution is 2.40. The van der Waals surface area contributed by atoms with Crippen molar-refractivity contribution >= 4 is 15.7 Å². The van der Waals surface area contributed by atoms with E-state index in [1.165, 1.54) is 6.26 Å². The second-order valence-corrected chi connectivity index (χ2v) is 8.27. The Hall–Kier alpha value is -0.660. The Morgan fingerprint density at radius 3 is 2.65 bits per heavy atom. The normalized spacial score (nSPS) is 27.9. The van der Waals surface area contributed by atoms with Crippen molar-refractivity contribution < 1.29 is 17.9 Å². The van der Waals surface area contributed by atoms with E-state index >= 15 is 0 Å². The molecule has 2 saturated heterocycles. The maximum Gasteiger partial charge on any atom is 0.231 e. The first-order chi connectivity index (χ1) is 9.36. The Morgan fingerprint density at radius 1 is 1.30 bits per heavy atom. The zero-order valence-corrected chi connectivity index (χ0v) is 13.1. The zero-order chi connectivity index (χ0) is 14.8. The van der Waals surface area contributed by atoms with Gasteiger partial charge in [-0.15, -0.1) is 0 Å². The van der Waals surface area contributed by atoms with Crippen molar-refractivity contribution in [1.82, 2.24) is 9.80 Å². The van der Waals surface area contributed by atoms with E-state index in [1.54, 1.807) is 12.0 Å². The molecule has 6 nitrogen and oxygen atoms in total. The first-order valence-corrected chi connectivity index (χ1v) is 9.11. The molecule has 2 fully saturated rings. The Balaban J connectivity index is 1.86. The Kier molecular flexibility index (Phi) is 4.71. The quantitative estimate of drug-likeness (QED) is 0.625. The molecule has 0 aliphatic carbocycles. The molecule has 1 atom stereocenters. The number of sulfone groups is 1. The van der Waals surface area contributed by atoms with Gasteiger partial charge in [-0.25, -0.2) is 8.42 Å². The molecule has 0 bridgehead atoms. The highest BCUT2D eigenvalue weighted by molar-refractivity contribution is 7.90. The number of ether oxygens (including phenoxy) is 1. The van der Waals surface area contributed by atoms with Gasteiger partial charge in [-0.2, -0.15) is 0 Å². The maximum absolute atomic E-state index is 12.3. The first-order valence-electron chi connectivity index (χ1n) is 7.05. The fourth-order valence-electron chi connectivity index (χ4n) is 3.15. The Labute approximate surface area is 121 Å². The Morgan fingerprint density at radius 2 is 2.05 bits per heavy atom. The van der Waals surface area contributed by atoms with Crippen LogP contribution in [0.3, 0.4) is 0 Å². The number of methoxy groups -OCH3 is 1. The van der Waals surface area contributed by atoms with Gasteiger partial charge in [0.05, 0.1) is 17.8 Å². The molecule has 0 unspecified atom stereocenters. The third-order valence-corrected chi connectivity index (χ3v) is 5.16. The van der Waals surface area contributed by atoms with Gasteiger partial charge >= 0.3 is 0 Å². The minimum atomic E-state index is -3.00. The van der Waals surface area contributed by atoms with Crippen LogP contribution in [-0.4, -0.2) is 82.6 Å². The first kappa shape index (κ1) is 15.7. The zero-order valence-electron chi connectivity index (χ0n) is 12.3. The van der Waals surface area contributed by atoms with Crippen LogP contribution in [0.15, 0.2) is 0 Å². The molecule has 0 N–H and O–H groups in total. The van der Waals surface area contributed by atoms with Crippen LogP contribution in [0.25, 0.3) is 0 Å². The molecular weight excluding hydrogens is 280 g/mol. The van der Waals surface area contributed by atoms with E-state index in [0.29, 0.717) is 19.7 Å². The van der Waals surface area contributed by atoms with E-state index in [1.807, 2.05) is 0 Å². The lowest BCUT2D eigenvalue weighted by Gasteiger charge is -2.53. The highest BCUT2D eigenvalue weighted by Gasteiger charge is 2.53. The molecule has 0 aromatic carbocycles. The number of β-lactam (4-membered cyclic amide) rings is 1. The molecule has 2 aliphatic rings. The minimum absolute atomic E-state index is 0.0577. The number of carbonyl (C=O) groups excluding carboxylic acids is 1. The van der Waals surface area contributed by atoms with Crippen molar-refractivity contribution in [2.24, 2.45) is 5.41 Å². The topological polar surface area (TPSA) is 66.9 Å². The van der Waals surface area contributed by atoms with E-state index < -0.39 is 9.84 Å². The number of hydrogen-bond donors (Lipinski definition) is 0. The van der Waals surface area contributed by atoms with E-state index in [9.17, 15) is 13.2 Å². The van der Waals surface area contributed by atoms with E-state index in [4.69, 9.17) is 4.74 Å². The largest absolute Gasteiger partial charge is 0.383 e. The Bertz CT molecular complexity index is 465. The summed E-state index contributed by atoms with van der Waals surface area (Å²) in [6, 6.07) is 0. The van der Waals surface area contributed by atoms with Gasteiger partial charge < -0.3 is 9.64 Å². The van der Waals surface area contributed by atoms with Crippen molar-refractivity contribution in [3.05, 3.63) is 0 Å². The van der Waals surface area contributed by atoms with Crippen LogP contribution in [0.5, 0.6) is 0 Å². The molecule has 0 aromatic heterocycles. The van der Waals surface area contributed by atoms with Gasteiger partial charge in [-0.3, -0.25) is 9.69 Å². The van der Waals surface area contributed by atoms with Crippen molar-refractivity contribution in [1.29, 1.82) is 0 Å². The number of piperidine rings is 1. The average molecular weight is 304 g/mol. The van der Waals surface area contributed by atoms with Gasteiger partial charge in [0.25, 0.3) is 0 Å². The van der Waals surface area contributed by atoms with Gasteiger partial charge in [0.2, 0.25) is 5.91 Å². The fraction of sp³-hybridized carbons (Fsp3) is 0.923. The summed E-state index contributed by atoms with van der Waals surface area (Å²) in [5.41, 5.74) is -0.260. The molecule has 2 heterocycles. The highest BCUT2D eigenvalue weighted by atomic mass is 32.2. The lowest BCUT2D eigenvalue weighted by molar-refractivity contribution is -0.165. The number of nitrogens with zero attached hydrogens (tertiary/aromatic N) is 2. The molecule has 0 radical (unpaired) electrons. The maximum atomic E-state index is 12.3. The van der Waals surface area contributed by atoms with Crippen LogP contribution in [0.4, 0.5) is 0 Å². The summed E-state index contributed by atoms with van der Waals surface area (Å²) in [5.74, 6) is 0.186. The van der Waals surface area contributed by atoms with Crippen LogP contribution in [0.2, 0.25) is 0 Å². The molecule has 2 rings (SSSR count). The molecule has 0 aromatic rings. The predicted molar refractivity (Wildman–Crippen MR) is 76.3 cm³/mol. The van der Waals surface area contributed by atoms with E-state index in [-0.39, 0.29) is 17.1 Å². The molecule has 1 amide bonds. The van der Waals surface area contributed by atoms with Gasteiger partial charge in [-0.1, -0.05) is 0 Å². The predicted octanol–water partition coefficient (Wildman–Crippen LogP) is -0.398. The van der Waals surface area contributed by atoms with Gasteiger partial charge in [0.1, 0.15) is 9.84 Å². The van der Waals surface area contributed by atoms with Gasteiger partial charge in [0.15, 0.2) is 0 Å². The standard InChI is InChI=1S/C13H24N2O4S/c1-19-8-6-14-5-3-4-13(10-14)11-15(12(13)16)7-9-20(2,17)18/h3-11H2,1-2H3/t13-/m0/s1. The number of hydrogen-bond acceptors (Lipinski definition) is 5. The number of amides is 1. The molecule has 0 saturated carbocycles. The van der Waals surface area contributed by atoms with Crippen LogP contribution < -0.4 is 0 Å². The second-order valence-electron chi connectivity index (χ2n) is 6.01. The summed E-state index contributed by atoms with van der Waals surface area (Å²) in [4.78, 5) is 16.3. The molecule has 20 heavy (non-hydrogen) atoms. The molecule has 1 spiro atoms. The van der Waals surface area contributed by atoms with Crippen molar-refractivity contribution in [2.45, 2.75) is 12.8 Å². The number of carbonyl (C=O) groups is 1. The third-order valence-electron chi connectivity index (χ3n) is 4.23. The smallest absolute Gasteiger partial charge is 0.231 e. The van der Waals surface area contributed by atoms with E-state index in [0.717, 1.165) is 32.5 Å². The summed E-state index contributed by atoms with van der Waals surface area (Å²) in [6.07, 6.45) is 3.15. The summed E-state index contributed by atoms with van der Waals surface area (Å²) >= 11 is 0. The lowest BCUT2D eigenvalue weighted by atomic mass is 9.72. The fourth-order valence-corrected chi connectivity index (χ4v) is 3.70. The summed E-state index contributed by atoms with van der Waals surface area (Å²) in [6.45, 7) is 4.37. The summed E-state index contributed by atoms with van der Waals surface area (Å²) in [7, 11) is -1.32. The van der Waals surface area contributed by atoms with Crippen LogP contribution >= 0.6 is 0 Å². The molecule has 2 aliphatic heterocycles. The minimum Gasteiger partial charge on any atom is -0.383 e. The third kappa shape index (κ3) is 3.51. The number of likely N-dealkylation sites (tertiary alicyclic amines) is 2. The second kappa shape index (κ2) is 5.99. The lowest BCUT2D eigenvalue weighted by Crippen LogP contribution is -2.67. The average Bonchev–Trinajstić information content (AvgIpc) is 2.40. The summed E-state index contributed by atoms with van der Waals surface area (Å²) in [5, 5.41) is 0. The summed E-state index contributed by atoms with van der Waals surface area (Å²) < 4.78 is 27.4. The van der Waals surface area contributed by atoms with Crippen molar-refractivity contribution in [2.75, 3.05) is 58.4 Å². The van der Waals surface area contributed by atoms with Crippen LogP contribution in [0.1, 0.15) is 12.8 Å². The number of rotatable bonds is 6. The van der Waals surface area contributed by atoms with Gasteiger partial charge in [-0.05, 0) is 19.4 Å². The van der Waals surface area contributed by atoms with Crippen molar-refractivity contribution in [3.8, 4) is 0 Å².